The predicted molar refractivity (Wildman–Crippen MR) is 102 cm³/mol. The summed E-state index contributed by atoms with van der Waals surface area (Å²) in [6, 6.07) is 1.60. The number of aryl methyl sites for hydroxylation is 2. The van der Waals surface area contributed by atoms with Gasteiger partial charge in [0.15, 0.2) is 5.03 Å². The summed E-state index contributed by atoms with van der Waals surface area (Å²) in [6.07, 6.45) is 5.72. The molecule has 3 heterocycles. The number of nitrogens with zero attached hydrogens (tertiary/aromatic N) is 4. The molecule has 1 amide bonds. The Labute approximate surface area is 164 Å². The van der Waals surface area contributed by atoms with Crippen molar-refractivity contribution in [3.63, 3.8) is 0 Å². The Bertz CT molecular complexity index is 952. The first kappa shape index (κ1) is 19.1. The minimum atomic E-state index is -3.60. The average Bonchev–Trinajstić information content (AvgIpc) is 3.25. The Balaban J connectivity index is 1.37. The highest BCUT2D eigenvalue weighted by Crippen LogP contribution is 2.46. The van der Waals surface area contributed by atoms with E-state index in [9.17, 15) is 13.2 Å². The van der Waals surface area contributed by atoms with Gasteiger partial charge in [0.2, 0.25) is 5.91 Å². The van der Waals surface area contributed by atoms with Crippen molar-refractivity contribution in [3.05, 3.63) is 30.0 Å². The summed E-state index contributed by atoms with van der Waals surface area (Å²) in [5.74, 6) is 0.433. The van der Waals surface area contributed by atoms with Crippen LogP contribution in [0.15, 0.2) is 23.6 Å². The number of piperidine rings is 1. The zero-order chi connectivity index (χ0) is 19.9. The number of nitrogens with one attached hydrogen (secondary N) is 2. The minimum Gasteiger partial charge on any atom is -0.355 e. The molecule has 9 nitrogen and oxygen atoms in total. The number of H-pyrrole nitrogens is 1. The fraction of sp³-hybridized carbons (Fsp3) is 0.611. The number of carbonyl (C=O) groups excluding carboxylic acids is 1. The molecule has 2 aromatic heterocycles. The first-order valence-electron chi connectivity index (χ1n) is 9.62. The zero-order valence-electron chi connectivity index (χ0n) is 16.1. The molecule has 0 aromatic carbocycles. The van der Waals surface area contributed by atoms with Gasteiger partial charge in [-0.05, 0) is 37.7 Å². The highest BCUT2D eigenvalue weighted by Gasteiger charge is 2.49. The van der Waals surface area contributed by atoms with Crippen molar-refractivity contribution in [2.45, 2.75) is 31.2 Å². The van der Waals surface area contributed by atoms with E-state index in [4.69, 9.17) is 0 Å². The molecule has 152 valence electrons. The first-order chi connectivity index (χ1) is 13.4. The molecule has 2 N–H and O–H groups in total. The first-order valence-corrected chi connectivity index (χ1v) is 11.1. The van der Waals surface area contributed by atoms with Crippen LogP contribution in [0.4, 0.5) is 0 Å². The molecule has 1 aliphatic heterocycles. The molecule has 3 atom stereocenters. The number of carbonyl (C=O) groups is 1. The van der Waals surface area contributed by atoms with Gasteiger partial charge < -0.3 is 10.3 Å². The van der Waals surface area contributed by atoms with Crippen molar-refractivity contribution in [2.24, 2.45) is 24.8 Å². The van der Waals surface area contributed by atoms with Gasteiger partial charge in [-0.15, -0.1) is 0 Å². The molecule has 0 bridgehead atoms. The fourth-order valence-electron chi connectivity index (χ4n) is 4.41. The minimum absolute atomic E-state index is 0.0244. The third-order valence-corrected chi connectivity index (χ3v) is 7.91. The number of hydrogen-bond acceptors (Lipinski definition) is 5. The zero-order valence-corrected chi connectivity index (χ0v) is 16.9. The maximum atomic E-state index is 13.0. The molecule has 0 radical (unpaired) electrons. The summed E-state index contributed by atoms with van der Waals surface area (Å²) in [6.45, 7) is 3.23. The van der Waals surface area contributed by atoms with Crippen molar-refractivity contribution >= 4 is 15.9 Å². The summed E-state index contributed by atoms with van der Waals surface area (Å²) >= 11 is 0. The Morgan fingerprint density at radius 2 is 2.25 bits per heavy atom. The maximum absolute atomic E-state index is 13.0. The fourth-order valence-corrected chi connectivity index (χ4v) is 6.08. The summed E-state index contributed by atoms with van der Waals surface area (Å²) in [4.78, 5) is 19.6. The standard InChI is InChI=1S/C18H26N6O3S/c1-12-7-17(23(2)22-12)28(26,27)24-6-4-13-8-15(16(13)10-24)18(25)20-5-3-14-9-19-11-21-14/h7,9,11,13,15-16H,3-6,8,10H2,1-2H3,(H,19,21)(H,20,25)/t13-,15-,16-/m1/s1. The number of imidazole rings is 1. The van der Waals surface area contributed by atoms with Crippen LogP contribution in [0.2, 0.25) is 0 Å². The summed E-state index contributed by atoms with van der Waals surface area (Å²) in [7, 11) is -1.95. The highest BCUT2D eigenvalue weighted by atomic mass is 32.2. The van der Waals surface area contributed by atoms with Crippen molar-refractivity contribution in [3.8, 4) is 0 Å². The van der Waals surface area contributed by atoms with Gasteiger partial charge in [-0.3, -0.25) is 9.48 Å². The van der Waals surface area contributed by atoms with Crippen LogP contribution in [-0.2, 0) is 28.3 Å². The second kappa shape index (κ2) is 7.32. The van der Waals surface area contributed by atoms with E-state index in [-0.39, 0.29) is 22.8 Å². The number of rotatable bonds is 6. The van der Waals surface area contributed by atoms with Gasteiger partial charge in [0.05, 0.1) is 12.0 Å². The SMILES string of the molecule is Cc1cc(S(=O)(=O)N2CC[C@@H]3C[C@@H](C(=O)NCCc4cnc[nH]4)[C@@H]3C2)n(C)n1. The van der Waals surface area contributed by atoms with E-state index in [2.05, 4.69) is 20.4 Å². The Hall–Kier alpha value is -2.20. The molecule has 1 aliphatic carbocycles. The summed E-state index contributed by atoms with van der Waals surface area (Å²) < 4.78 is 29.0. The predicted octanol–water partition coefficient (Wildman–Crippen LogP) is 0.457. The second-order valence-corrected chi connectivity index (χ2v) is 9.67. The van der Waals surface area contributed by atoms with Gasteiger partial charge in [-0.2, -0.15) is 9.40 Å². The van der Waals surface area contributed by atoms with Crippen LogP contribution in [0.25, 0.3) is 0 Å². The molecular formula is C18H26N6O3S. The Morgan fingerprint density at radius 3 is 2.93 bits per heavy atom. The van der Waals surface area contributed by atoms with Crippen LogP contribution in [0, 0.1) is 24.7 Å². The summed E-state index contributed by atoms with van der Waals surface area (Å²) in [5, 5.41) is 7.35. The lowest BCUT2D eigenvalue weighted by Crippen LogP contribution is -2.56. The Kier molecular flexibility index (Phi) is 5.00. The highest BCUT2D eigenvalue weighted by molar-refractivity contribution is 7.89. The molecule has 4 rings (SSSR count). The normalized spacial score (nSPS) is 25.1. The second-order valence-electron chi connectivity index (χ2n) is 7.78. The molecule has 1 saturated heterocycles. The molecule has 2 aliphatic rings. The number of aromatic nitrogens is 4. The van der Waals surface area contributed by atoms with E-state index < -0.39 is 10.0 Å². The van der Waals surface area contributed by atoms with Gasteiger partial charge in [-0.25, -0.2) is 13.4 Å². The molecule has 0 unspecified atom stereocenters. The van der Waals surface area contributed by atoms with Crippen molar-refractivity contribution in [2.75, 3.05) is 19.6 Å². The van der Waals surface area contributed by atoms with Crippen molar-refractivity contribution < 1.29 is 13.2 Å². The van der Waals surface area contributed by atoms with Crippen LogP contribution in [0.3, 0.4) is 0 Å². The van der Waals surface area contributed by atoms with E-state index >= 15 is 0 Å². The van der Waals surface area contributed by atoms with Gasteiger partial charge in [0.1, 0.15) is 0 Å². The number of hydrogen-bond donors (Lipinski definition) is 2. The van der Waals surface area contributed by atoms with Gasteiger partial charge >= 0.3 is 0 Å². The van der Waals surface area contributed by atoms with E-state index in [1.54, 1.807) is 32.6 Å². The molecule has 2 aromatic rings. The van der Waals surface area contributed by atoms with Crippen molar-refractivity contribution in [1.82, 2.24) is 29.4 Å². The third-order valence-electron chi connectivity index (χ3n) is 5.99. The lowest BCUT2D eigenvalue weighted by Gasteiger charge is -2.49. The molecule has 0 spiro atoms. The number of sulfonamides is 1. The topological polar surface area (TPSA) is 113 Å². The molecule has 10 heteroatoms. The largest absolute Gasteiger partial charge is 0.355 e. The number of fused-ring (bicyclic) bond motifs is 1. The van der Waals surface area contributed by atoms with Crippen molar-refractivity contribution in [1.29, 1.82) is 0 Å². The Morgan fingerprint density at radius 1 is 1.43 bits per heavy atom. The van der Waals surface area contributed by atoms with Crippen LogP contribution in [-0.4, -0.2) is 58.0 Å². The van der Waals surface area contributed by atoms with E-state index in [1.807, 2.05) is 0 Å². The molecule has 28 heavy (non-hydrogen) atoms. The maximum Gasteiger partial charge on any atom is 0.260 e. The summed E-state index contributed by atoms with van der Waals surface area (Å²) in [5.41, 5.74) is 1.65. The number of amides is 1. The smallest absolute Gasteiger partial charge is 0.260 e. The lowest BCUT2D eigenvalue weighted by atomic mass is 9.61. The van der Waals surface area contributed by atoms with Crippen LogP contribution in [0.1, 0.15) is 24.2 Å². The van der Waals surface area contributed by atoms with E-state index in [0.717, 1.165) is 18.5 Å². The molecule has 1 saturated carbocycles. The molecular weight excluding hydrogens is 380 g/mol. The van der Waals surface area contributed by atoms with Crippen LogP contribution >= 0.6 is 0 Å². The van der Waals surface area contributed by atoms with E-state index in [1.165, 1.54) is 8.99 Å². The third kappa shape index (κ3) is 3.46. The van der Waals surface area contributed by atoms with Crippen LogP contribution < -0.4 is 5.32 Å². The van der Waals surface area contributed by atoms with Gasteiger partial charge in [0, 0.05) is 50.9 Å². The average molecular weight is 407 g/mol. The van der Waals surface area contributed by atoms with Crippen LogP contribution in [0.5, 0.6) is 0 Å². The number of aromatic amines is 1. The van der Waals surface area contributed by atoms with Gasteiger partial charge in [0.25, 0.3) is 10.0 Å². The lowest BCUT2D eigenvalue weighted by molar-refractivity contribution is -0.135. The monoisotopic (exact) mass is 406 g/mol. The van der Waals surface area contributed by atoms with E-state index in [0.29, 0.717) is 37.7 Å². The molecule has 2 fully saturated rings. The quantitative estimate of drug-likeness (QED) is 0.724. The van der Waals surface area contributed by atoms with Gasteiger partial charge in [-0.1, -0.05) is 0 Å².